The number of esters is 1. The van der Waals surface area contributed by atoms with E-state index in [0.717, 1.165) is 19.3 Å². The molecule has 2 nitrogen and oxygen atoms in total. The van der Waals surface area contributed by atoms with Gasteiger partial charge < -0.3 is 4.74 Å². The van der Waals surface area contributed by atoms with Crippen LogP contribution < -0.4 is 0 Å². The summed E-state index contributed by atoms with van der Waals surface area (Å²) < 4.78 is 5.32. The van der Waals surface area contributed by atoms with Gasteiger partial charge in [-0.05, 0) is 37.7 Å². The summed E-state index contributed by atoms with van der Waals surface area (Å²) in [5.41, 5.74) is 1.22. The summed E-state index contributed by atoms with van der Waals surface area (Å²) in [7, 11) is 0. The van der Waals surface area contributed by atoms with Gasteiger partial charge in [-0.1, -0.05) is 101 Å². The van der Waals surface area contributed by atoms with Crippen LogP contribution in [0.1, 0.15) is 102 Å². The van der Waals surface area contributed by atoms with Crippen LogP contribution in [0.15, 0.2) is 42.5 Å². The highest BCUT2D eigenvalue weighted by atomic mass is 16.5. The minimum absolute atomic E-state index is 0.0476. The molecule has 0 bridgehead atoms. The molecule has 0 saturated heterocycles. The van der Waals surface area contributed by atoms with Gasteiger partial charge in [0.25, 0.3) is 0 Å². The first-order chi connectivity index (χ1) is 13.8. The first-order valence-electron chi connectivity index (χ1n) is 11.7. The molecule has 0 aromatic heterocycles. The van der Waals surface area contributed by atoms with E-state index < -0.39 is 0 Å². The average Bonchev–Trinajstić information content (AvgIpc) is 2.71. The number of unbranched alkanes of at least 4 members (excludes halogenated alkanes) is 11. The monoisotopic (exact) mass is 386 g/mol. The van der Waals surface area contributed by atoms with Crippen LogP contribution in [0.25, 0.3) is 0 Å². The van der Waals surface area contributed by atoms with Gasteiger partial charge in [0.2, 0.25) is 0 Å². The second kappa shape index (κ2) is 18.8. The van der Waals surface area contributed by atoms with Crippen LogP contribution >= 0.6 is 0 Å². The van der Waals surface area contributed by atoms with Crippen molar-refractivity contribution in [2.45, 2.75) is 103 Å². The summed E-state index contributed by atoms with van der Waals surface area (Å²) in [4.78, 5) is 11.7. The minimum Gasteiger partial charge on any atom is -0.465 e. The number of benzene rings is 1. The van der Waals surface area contributed by atoms with Crippen molar-refractivity contribution in [3.63, 3.8) is 0 Å². The highest BCUT2D eigenvalue weighted by molar-refractivity contribution is 5.69. The molecule has 0 aliphatic carbocycles. The van der Waals surface area contributed by atoms with E-state index in [0.29, 0.717) is 13.0 Å². The summed E-state index contributed by atoms with van der Waals surface area (Å²) in [6, 6.07) is 10.2. The molecule has 0 saturated carbocycles. The summed E-state index contributed by atoms with van der Waals surface area (Å²) in [6.07, 6.45) is 22.7. The fraction of sp³-hybridized carbons (Fsp3) is 0.654. The van der Waals surface area contributed by atoms with E-state index in [1.165, 1.54) is 76.2 Å². The molecule has 1 rings (SSSR count). The van der Waals surface area contributed by atoms with Crippen LogP contribution in [-0.2, 0) is 16.0 Å². The molecule has 158 valence electrons. The molecule has 0 unspecified atom stereocenters. The van der Waals surface area contributed by atoms with Crippen molar-refractivity contribution in [1.82, 2.24) is 0 Å². The SMILES string of the molecule is CCCCCCCC/C=C\CCCCCCCC(=O)OCCc1ccccc1. The van der Waals surface area contributed by atoms with Crippen LogP contribution in [-0.4, -0.2) is 12.6 Å². The van der Waals surface area contributed by atoms with Gasteiger partial charge in [-0.2, -0.15) is 0 Å². The molecular weight excluding hydrogens is 344 g/mol. The van der Waals surface area contributed by atoms with Gasteiger partial charge >= 0.3 is 5.97 Å². The predicted molar refractivity (Wildman–Crippen MR) is 121 cm³/mol. The van der Waals surface area contributed by atoms with E-state index in [1.807, 2.05) is 18.2 Å². The Labute approximate surface area is 173 Å². The molecule has 0 radical (unpaired) electrons. The Balaban J connectivity index is 1.81. The highest BCUT2D eigenvalue weighted by Gasteiger charge is 2.02. The standard InChI is InChI=1S/C26H42O2/c1-2-3-4-5-6-7-8-9-10-11-12-13-14-15-19-22-26(27)28-24-23-25-20-17-16-18-21-25/h9-10,16-18,20-21H,2-8,11-15,19,22-24H2,1H3/b10-9-. The number of rotatable bonds is 18. The van der Waals surface area contributed by atoms with Gasteiger partial charge in [-0.15, -0.1) is 0 Å². The van der Waals surface area contributed by atoms with E-state index in [4.69, 9.17) is 4.74 Å². The van der Waals surface area contributed by atoms with Crippen LogP contribution in [0, 0.1) is 0 Å². The molecule has 0 heterocycles. The van der Waals surface area contributed by atoms with Crippen molar-refractivity contribution in [2.75, 3.05) is 6.61 Å². The summed E-state index contributed by atoms with van der Waals surface area (Å²) in [5, 5.41) is 0. The summed E-state index contributed by atoms with van der Waals surface area (Å²) in [5.74, 6) is -0.0476. The van der Waals surface area contributed by atoms with Crippen LogP contribution in [0.5, 0.6) is 0 Å². The summed E-state index contributed by atoms with van der Waals surface area (Å²) >= 11 is 0. The van der Waals surface area contributed by atoms with Crippen molar-refractivity contribution < 1.29 is 9.53 Å². The maximum Gasteiger partial charge on any atom is 0.305 e. The molecule has 0 amide bonds. The fourth-order valence-electron chi connectivity index (χ4n) is 3.34. The maximum atomic E-state index is 11.7. The topological polar surface area (TPSA) is 26.3 Å². The van der Waals surface area contributed by atoms with Crippen LogP contribution in [0.4, 0.5) is 0 Å². The number of allylic oxidation sites excluding steroid dienone is 2. The Hall–Kier alpha value is -1.57. The van der Waals surface area contributed by atoms with Gasteiger partial charge in [-0.3, -0.25) is 4.79 Å². The van der Waals surface area contributed by atoms with Gasteiger partial charge in [0.1, 0.15) is 0 Å². The lowest BCUT2D eigenvalue weighted by molar-refractivity contribution is -0.143. The maximum absolute atomic E-state index is 11.7. The van der Waals surface area contributed by atoms with E-state index in [2.05, 4.69) is 31.2 Å². The molecule has 28 heavy (non-hydrogen) atoms. The normalized spacial score (nSPS) is 11.2. The number of hydrogen-bond acceptors (Lipinski definition) is 2. The van der Waals surface area contributed by atoms with E-state index in [1.54, 1.807) is 0 Å². The lowest BCUT2D eigenvalue weighted by Gasteiger charge is -2.05. The Bertz CT molecular complexity index is 492. The van der Waals surface area contributed by atoms with Gasteiger partial charge in [-0.25, -0.2) is 0 Å². The molecule has 0 aliphatic heterocycles. The average molecular weight is 387 g/mol. The lowest BCUT2D eigenvalue weighted by atomic mass is 10.1. The second-order valence-electron chi connectivity index (χ2n) is 7.79. The largest absolute Gasteiger partial charge is 0.465 e. The van der Waals surface area contributed by atoms with E-state index >= 15 is 0 Å². The number of carbonyl (C=O) groups is 1. The third-order valence-corrected chi connectivity index (χ3v) is 5.14. The molecule has 2 heteroatoms. The van der Waals surface area contributed by atoms with Gasteiger partial charge in [0.15, 0.2) is 0 Å². The first kappa shape index (κ1) is 24.5. The van der Waals surface area contributed by atoms with E-state index in [-0.39, 0.29) is 5.97 Å². The quantitative estimate of drug-likeness (QED) is 0.146. The third-order valence-electron chi connectivity index (χ3n) is 5.14. The van der Waals surface area contributed by atoms with Crippen molar-refractivity contribution in [3.05, 3.63) is 48.0 Å². The van der Waals surface area contributed by atoms with Gasteiger partial charge in [0, 0.05) is 12.8 Å². The van der Waals surface area contributed by atoms with Crippen LogP contribution in [0.3, 0.4) is 0 Å². The Morgan fingerprint density at radius 1 is 0.786 bits per heavy atom. The molecule has 0 spiro atoms. The predicted octanol–water partition coefficient (Wildman–Crippen LogP) is 7.81. The zero-order valence-electron chi connectivity index (χ0n) is 18.2. The molecule has 0 atom stereocenters. The minimum atomic E-state index is -0.0476. The second-order valence-corrected chi connectivity index (χ2v) is 7.79. The molecule has 0 aliphatic rings. The molecule has 0 N–H and O–H groups in total. The summed E-state index contributed by atoms with van der Waals surface area (Å²) in [6.45, 7) is 2.76. The van der Waals surface area contributed by atoms with Crippen molar-refractivity contribution in [3.8, 4) is 0 Å². The molecule has 1 aromatic carbocycles. The Morgan fingerprint density at radius 3 is 2.00 bits per heavy atom. The fourth-order valence-corrected chi connectivity index (χ4v) is 3.34. The molecular formula is C26H42O2. The third kappa shape index (κ3) is 15.5. The highest BCUT2D eigenvalue weighted by Crippen LogP contribution is 2.10. The Morgan fingerprint density at radius 2 is 1.36 bits per heavy atom. The lowest BCUT2D eigenvalue weighted by Crippen LogP contribution is -2.07. The van der Waals surface area contributed by atoms with Crippen molar-refractivity contribution >= 4 is 5.97 Å². The molecule has 0 fully saturated rings. The van der Waals surface area contributed by atoms with Crippen LogP contribution in [0.2, 0.25) is 0 Å². The first-order valence-corrected chi connectivity index (χ1v) is 11.7. The zero-order valence-corrected chi connectivity index (χ0v) is 18.2. The zero-order chi connectivity index (χ0) is 20.1. The number of ether oxygens (including phenoxy) is 1. The smallest absolute Gasteiger partial charge is 0.305 e. The number of hydrogen-bond donors (Lipinski definition) is 0. The van der Waals surface area contributed by atoms with Crippen molar-refractivity contribution in [1.29, 1.82) is 0 Å². The van der Waals surface area contributed by atoms with E-state index in [9.17, 15) is 4.79 Å². The Kier molecular flexibility index (Phi) is 16.4. The molecule has 1 aromatic rings. The van der Waals surface area contributed by atoms with Crippen molar-refractivity contribution in [2.24, 2.45) is 0 Å². The number of carbonyl (C=O) groups excluding carboxylic acids is 1. The van der Waals surface area contributed by atoms with Gasteiger partial charge in [0.05, 0.1) is 6.61 Å².